The van der Waals surface area contributed by atoms with E-state index in [0.29, 0.717) is 0 Å². The molecule has 1 saturated heterocycles. The summed E-state index contributed by atoms with van der Waals surface area (Å²) in [6.07, 6.45) is 0. The molecule has 1 rings (SSSR count). The van der Waals surface area contributed by atoms with E-state index in [9.17, 15) is 0 Å². The fourth-order valence-electron chi connectivity index (χ4n) is 1.69. The molecule has 0 spiro atoms. The highest BCUT2D eigenvalue weighted by Gasteiger charge is 2.31. The lowest BCUT2D eigenvalue weighted by molar-refractivity contribution is 0.201. The molecular formula is C8H18N2. The van der Waals surface area contributed by atoms with Crippen molar-refractivity contribution in [3.05, 3.63) is 0 Å². The number of piperazine rings is 1. The smallest absolute Gasteiger partial charge is 0.0255 e. The molecule has 0 saturated carbocycles. The molecule has 1 fully saturated rings. The van der Waals surface area contributed by atoms with Crippen LogP contribution in [0.1, 0.15) is 27.7 Å². The molecule has 0 aliphatic carbocycles. The zero-order chi connectivity index (χ0) is 7.83. The van der Waals surface area contributed by atoms with Crippen LogP contribution in [0, 0.1) is 0 Å². The van der Waals surface area contributed by atoms with Crippen LogP contribution in [0.3, 0.4) is 0 Å². The van der Waals surface area contributed by atoms with Crippen LogP contribution in [0.2, 0.25) is 0 Å². The summed E-state index contributed by atoms with van der Waals surface area (Å²) in [7, 11) is 0. The van der Waals surface area contributed by atoms with Gasteiger partial charge in [0.15, 0.2) is 0 Å². The van der Waals surface area contributed by atoms with Gasteiger partial charge >= 0.3 is 0 Å². The van der Waals surface area contributed by atoms with Gasteiger partial charge in [0.05, 0.1) is 0 Å². The SMILES string of the molecule is CC1(C)CNCC(C)(C)N1. The highest BCUT2D eigenvalue weighted by atomic mass is 15.1. The Labute approximate surface area is 63.4 Å². The van der Waals surface area contributed by atoms with E-state index in [1.54, 1.807) is 0 Å². The van der Waals surface area contributed by atoms with Crippen LogP contribution in [0.25, 0.3) is 0 Å². The quantitative estimate of drug-likeness (QED) is 0.521. The Bertz CT molecular complexity index is 113. The number of hydrogen-bond donors (Lipinski definition) is 2. The molecule has 0 unspecified atom stereocenters. The molecule has 0 aromatic heterocycles. The maximum atomic E-state index is 3.57. The van der Waals surface area contributed by atoms with E-state index < -0.39 is 0 Å². The fourth-order valence-corrected chi connectivity index (χ4v) is 1.69. The lowest BCUT2D eigenvalue weighted by Crippen LogP contribution is -2.65. The third-order valence-corrected chi connectivity index (χ3v) is 1.81. The molecule has 2 heteroatoms. The summed E-state index contributed by atoms with van der Waals surface area (Å²) in [5.74, 6) is 0. The molecule has 0 aromatic carbocycles. The summed E-state index contributed by atoms with van der Waals surface area (Å²) in [5.41, 5.74) is 0.503. The van der Waals surface area contributed by atoms with Gasteiger partial charge in [0.1, 0.15) is 0 Å². The number of rotatable bonds is 0. The molecule has 2 N–H and O–H groups in total. The molecule has 2 nitrogen and oxygen atoms in total. The number of hydrogen-bond acceptors (Lipinski definition) is 2. The second kappa shape index (κ2) is 2.21. The van der Waals surface area contributed by atoms with Crippen LogP contribution in [-0.4, -0.2) is 24.2 Å². The predicted octanol–water partition coefficient (Wildman–Crippen LogP) is 0.736. The van der Waals surface area contributed by atoms with Crippen molar-refractivity contribution in [2.75, 3.05) is 13.1 Å². The van der Waals surface area contributed by atoms with E-state index in [2.05, 4.69) is 38.3 Å². The van der Waals surface area contributed by atoms with E-state index in [4.69, 9.17) is 0 Å². The molecule has 0 aromatic rings. The summed E-state index contributed by atoms with van der Waals surface area (Å²) in [6.45, 7) is 11.0. The molecule has 1 aliphatic rings. The van der Waals surface area contributed by atoms with Gasteiger partial charge in [-0.25, -0.2) is 0 Å². The Balaban J connectivity index is 2.56. The highest BCUT2D eigenvalue weighted by molar-refractivity contribution is 4.95. The summed E-state index contributed by atoms with van der Waals surface area (Å²) in [5, 5.41) is 6.97. The van der Waals surface area contributed by atoms with Gasteiger partial charge < -0.3 is 10.6 Å². The first-order valence-corrected chi connectivity index (χ1v) is 3.91. The third kappa shape index (κ3) is 1.96. The summed E-state index contributed by atoms with van der Waals surface area (Å²) < 4.78 is 0. The van der Waals surface area contributed by atoms with E-state index in [1.807, 2.05) is 0 Å². The maximum Gasteiger partial charge on any atom is 0.0255 e. The lowest BCUT2D eigenvalue weighted by atomic mass is 9.93. The van der Waals surface area contributed by atoms with Crippen LogP contribution < -0.4 is 10.6 Å². The van der Waals surface area contributed by atoms with Gasteiger partial charge in [-0.15, -0.1) is 0 Å². The van der Waals surface area contributed by atoms with Crippen molar-refractivity contribution in [3.63, 3.8) is 0 Å². The zero-order valence-electron chi connectivity index (χ0n) is 7.41. The van der Waals surface area contributed by atoms with Crippen molar-refractivity contribution < 1.29 is 0 Å². The Hall–Kier alpha value is -0.0800. The first kappa shape index (κ1) is 8.02. The minimum absolute atomic E-state index is 0.252. The topological polar surface area (TPSA) is 24.1 Å². The minimum Gasteiger partial charge on any atom is -0.313 e. The third-order valence-electron chi connectivity index (χ3n) is 1.81. The van der Waals surface area contributed by atoms with Crippen molar-refractivity contribution >= 4 is 0 Å². The average Bonchev–Trinajstić information content (AvgIpc) is 1.56. The molecule has 0 radical (unpaired) electrons. The molecular weight excluding hydrogens is 124 g/mol. The van der Waals surface area contributed by atoms with Crippen LogP contribution in [0.15, 0.2) is 0 Å². The van der Waals surface area contributed by atoms with E-state index in [-0.39, 0.29) is 11.1 Å². The van der Waals surface area contributed by atoms with Gasteiger partial charge in [-0.1, -0.05) is 0 Å². The fraction of sp³-hybridized carbons (Fsp3) is 1.00. The molecule has 0 amide bonds. The van der Waals surface area contributed by atoms with Crippen molar-refractivity contribution in [3.8, 4) is 0 Å². The Morgan fingerprint density at radius 3 is 1.50 bits per heavy atom. The Morgan fingerprint density at radius 2 is 1.30 bits per heavy atom. The van der Waals surface area contributed by atoms with Crippen molar-refractivity contribution in [1.29, 1.82) is 0 Å². The van der Waals surface area contributed by atoms with E-state index >= 15 is 0 Å². The molecule has 0 bridgehead atoms. The molecule has 60 valence electrons. The second-order valence-electron chi connectivity index (χ2n) is 4.50. The molecule has 10 heavy (non-hydrogen) atoms. The van der Waals surface area contributed by atoms with Crippen LogP contribution in [-0.2, 0) is 0 Å². The van der Waals surface area contributed by atoms with Crippen LogP contribution in [0.4, 0.5) is 0 Å². The standard InChI is InChI=1S/C8H18N2/c1-7(2)5-9-6-8(3,4)10-7/h9-10H,5-6H2,1-4H3. The summed E-state index contributed by atoms with van der Waals surface area (Å²) in [6, 6.07) is 0. The monoisotopic (exact) mass is 142 g/mol. The van der Waals surface area contributed by atoms with Crippen molar-refractivity contribution in [2.24, 2.45) is 0 Å². The van der Waals surface area contributed by atoms with Gasteiger partial charge in [-0.2, -0.15) is 0 Å². The Morgan fingerprint density at radius 1 is 0.900 bits per heavy atom. The number of nitrogens with one attached hydrogen (secondary N) is 2. The van der Waals surface area contributed by atoms with Gasteiger partial charge in [-0.3, -0.25) is 0 Å². The second-order valence-corrected chi connectivity index (χ2v) is 4.50. The van der Waals surface area contributed by atoms with Crippen LogP contribution in [0.5, 0.6) is 0 Å². The summed E-state index contributed by atoms with van der Waals surface area (Å²) >= 11 is 0. The lowest BCUT2D eigenvalue weighted by Gasteiger charge is -2.42. The molecule has 1 heterocycles. The zero-order valence-corrected chi connectivity index (χ0v) is 7.41. The summed E-state index contributed by atoms with van der Waals surface area (Å²) in [4.78, 5) is 0. The van der Waals surface area contributed by atoms with Gasteiger partial charge in [0, 0.05) is 24.2 Å². The van der Waals surface area contributed by atoms with Gasteiger partial charge in [0.25, 0.3) is 0 Å². The predicted molar refractivity (Wildman–Crippen MR) is 44.2 cm³/mol. The van der Waals surface area contributed by atoms with Gasteiger partial charge in [0.2, 0.25) is 0 Å². The normalized spacial score (nSPS) is 30.0. The minimum atomic E-state index is 0.252. The molecule has 0 atom stereocenters. The average molecular weight is 142 g/mol. The van der Waals surface area contributed by atoms with Crippen molar-refractivity contribution in [1.82, 2.24) is 10.6 Å². The van der Waals surface area contributed by atoms with Crippen molar-refractivity contribution in [2.45, 2.75) is 38.8 Å². The maximum absolute atomic E-state index is 3.57. The Kier molecular flexibility index (Phi) is 1.77. The largest absolute Gasteiger partial charge is 0.313 e. The first-order chi connectivity index (χ1) is 4.41. The van der Waals surface area contributed by atoms with Crippen LogP contribution >= 0.6 is 0 Å². The van der Waals surface area contributed by atoms with E-state index in [1.165, 1.54) is 0 Å². The van der Waals surface area contributed by atoms with E-state index in [0.717, 1.165) is 13.1 Å². The van der Waals surface area contributed by atoms with Gasteiger partial charge in [-0.05, 0) is 27.7 Å². The highest BCUT2D eigenvalue weighted by Crippen LogP contribution is 2.13. The first-order valence-electron chi connectivity index (χ1n) is 3.91. The molecule has 1 aliphatic heterocycles.